The Kier molecular flexibility index (Phi) is 4.13. The summed E-state index contributed by atoms with van der Waals surface area (Å²) in [4.78, 5) is 35.5. The molecule has 0 radical (unpaired) electrons. The zero-order chi connectivity index (χ0) is 15.6. The number of benzene rings is 1. The molecule has 6 nitrogen and oxygen atoms in total. The summed E-state index contributed by atoms with van der Waals surface area (Å²) in [7, 11) is 0. The van der Waals surface area contributed by atoms with Gasteiger partial charge < -0.3 is 5.11 Å². The van der Waals surface area contributed by atoms with Crippen LogP contribution in [0.3, 0.4) is 0 Å². The lowest BCUT2D eigenvalue weighted by Crippen LogP contribution is -2.22. The van der Waals surface area contributed by atoms with E-state index in [0.717, 1.165) is 0 Å². The number of carbonyl (C=O) groups is 3. The lowest BCUT2D eigenvalue weighted by atomic mass is 9.90. The summed E-state index contributed by atoms with van der Waals surface area (Å²) in [6, 6.07) is 3.89. The SMILES string of the molecule is N#CSC1=C(SC#N)C(=O)c2c(C(=O)O)cccc2C1=O. The number of thioether (sulfide) groups is 2. The van der Waals surface area contributed by atoms with E-state index >= 15 is 0 Å². The van der Waals surface area contributed by atoms with Crippen molar-refractivity contribution in [1.29, 1.82) is 10.5 Å². The van der Waals surface area contributed by atoms with E-state index in [1.165, 1.54) is 18.2 Å². The average Bonchev–Trinajstić information content (AvgIpc) is 2.47. The third-order valence-corrected chi connectivity index (χ3v) is 4.18. The average molecular weight is 316 g/mol. The van der Waals surface area contributed by atoms with E-state index in [9.17, 15) is 14.4 Å². The summed E-state index contributed by atoms with van der Waals surface area (Å²) in [5.41, 5.74) is -0.613. The van der Waals surface area contributed by atoms with Crippen LogP contribution in [0.25, 0.3) is 0 Å². The summed E-state index contributed by atoms with van der Waals surface area (Å²) in [6.45, 7) is 0. The molecule has 1 aliphatic carbocycles. The summed E-state index contributed by atoms with van der Waals surface area (Å²) >= 11 is 0.931. The van der Waals surface area contributed by atoms with Crippen molar-refractivity contribution in [2.75, 3.05) is 0 Å². The van der Waals surface area contributed by atoms with Gasteiger partial charge in [-0.1, -0.05) is 12.1 Å². The van der Waals surface area contributed by atoms with E-state index < -0.39 is 17.5 Å². The Labute approximate surface area is 127 Å². The molecule has 1 aliphatic rings. The highest BCUT2D eigenvalue weighted by Crippen LogP contribution is 2.38. The molecule has 8 heteroatoms. The fourth-order valence-electron chi connectivity index (χ4n) is 1.88. The first kappa shape index (κ1) is 14.9. The van der Waals surface area contributed by atoms with Crippen LogP contribution in [0.5, 0.6) is 0 Å². The standard InChI is InChI=1S/C13H4N2O4S2/c14-4-20-11-9(16)6-2-1-3-7(13(18)19)8(6)10(17)12(11)21-5-15/h1-3H,(H,18,19). The van der Waals surface area contributed by atoms with E-state index in [4.69, 9.17) is 15.6 Å². The third kappa shape index (κ3) is 2.42. The summed E-state index contributed by atoms with van der Waals surface area (Å²) in [5.74, 6) is -2.70. The van der Waals surface area contributed by atoms with Crippen LogP contribution >= 0.6 is 23.5 Å². The molecular weight excluding hydrogens is 312 g/mol. The second kappa shape index (κ2) is 5.83. The van der Waals surface area contributed by atoms with Crippen LogP contribution in [0, 0.1) is 21.3 Å². The molecule has 0 atom stereocenters. The Morgan fingerprint density at radius 3 is 2.14 bits per heavy atom. The molecule has 102 valence electrons. The van der Waals surface area contributed by atoms with Gasteiger partial charge in [-0.2, -0.15) is 10.5 Å². The van der Waals surface area contributed by atoms with Gasteiger partial charge in [-0.3, -0.25) is 9.59 Å². The number of carboxylic acid groups (broad SMARTS) is 1. The van der Waals surface area contributed by atoms with E-state index in [0.29, 0.717) is 23.5 Å². The molecule has 0 saturated carbocycles. The normalized spacial score (nSPS) is 13.4. The van der Waals surface area contributed by atoms with Crippen molar-refractivity contribution in [3.05, 3.63) is 44.7 Å². The van der Waals surface area contributed by atoms with Crippen molar-refractivity contribution in [2.24, 2.45) is 0 Å². The van der Waals surface area contributed by atoms with Crippen molar-refractivity contribution < 1.29 is 19.5 Å². The summed E-state index contributed by atoms with van der Waals surface area (Å²) < 4.78 is 0. The highest BCUT2D eigenvalue weighted by atomic mass is 32.2. The van der Waals surface area contributed by atoms with Gasteiger partial charge >= 0.3 is 5.97 Å². The van der Waals surface area contributed by atoms with Gasteiger partial charge in [0.05, 0.1) is 15.4 Å². The van der Waals surface area contributed by atoms with Crippen molar-refractivity contribution in [1.82, 2.24) is 0 Å². The largest absolute Gasteiger partial charge is 0.478 e. The van der Waals surface area contributed by atoms with Crippen molar-refractivity contribution in [2.45, 2.75) is 0 Å². The van der Waals surface area contributed by atoms with Crippen molar-refractivity contribution >= 4 is 41.1 Å². The first-order valence-electron chi connectivity index (χ1n) is 5.34. The number of carbonyl (C=O) groups excluding carboxylic acids is 2. The summed E-state index contributed by atoms with van der Waals surface area (Å²) in [5, 5.41) is 30.0. The maximum Gasteiger partial charge on any atom is 0.336 e. The fourth-order valence-corrected chi connectivity index (χ4v) is 3.08. The quantitative estimate of drug-likeness (QED) is 0.844. The van der Waals surface area contributed by atoms with Crippen LogP contribution in [-0.4, -0.2) is 22.6 Å². The highest BCUT2D eigenvalue weighted by molar-refractivity contribution is 8.12. The maximum atomic E-state index is 12.4. The second-order valence-electron chi connectivity index (χ2n) is 3.74. The van der Waals surface area contributed by atoms with Gasteiger partial charge in [0.15, 0.2) is 0 Å². The predicted molar refractivity (Wildman–Crippen MR) is 75.5 cm³/mol. The fraction of sp³-hybridized carbons (Fsp3) is 0. The van der Waals surface area contributed by atoms with Crippen molar-refractivity contribution in [3.63, 3.8) is 0 Å². The number of rotatable bonds is 3. The Balaban J connectivity index is 2.76. The zero-order valence-corrected chi connectivity index (χ0v) is 11.7. The molecule has 1 N–H and O–H groups in total. The Hall–Kier alpha value is -2.55. The number of thiocyanates is 2. The molecule has 21 heavy (non-hydrogen) atoms. The second-order valence-corrected chi connectivity index (χ2v) is 5.33. The number of nitriles is 2. The van der Waals surface area contributed by atoms with Gasteiger partial charge in [-0.25, -0.2) is 4.79 Å². The number of fused-ring (bicyclic) bond motifs is 1. The molecule has 1 aromatic rings. The molecule has 0 bridgehead atoms. The van der Waals surface area contributed by atoms with Crippen molar-refractivity contribution in [3.8, 4) is 10.8 Å². The number of hydrogen-bond acceptors (Lipinski definition) is 7. The zero-order valence-electron chi connectivity index (χ0n) is 10.1. The topological polar surface area (TPSA) is 119 Å². The maximum absolute atomic E-state index is 12.4. The molecule has 1 aromatic carbocycles. The van der Waals surface area contributed by atoms with Crippen LogP contribution in [0.2, 0.25) is 0 Å². The highest BCUT2D eigenvalue weighted by Gasteiger charge is 2.36. The lowest BCUT2D eigenvalue weighted by Gasteiger charge is -2.18. The third-order valence-electron chi connectivity index (χ3n) is 2.68. The van der Waals surface area contributed by atoms with Crippen LogP contribution in [0.15, 0.2) is 28.0 Å². The number of allylic oxidation sites excluding steroid dienone is 2. The van der Waals surface area contributed by atoms with E-state index in [1.54, 1.807) is 10.8 Å². The number of ketones is 2. The minimum atomic E-state index is -1.34. The van der Waals surface area contributed by atoms with Gasteiger partial charge in [0.2, 0.25) is 11.6 Å². The predicted octanol–water partition coefficient (Wildman–Crippen LogP) is 2.40. The molecular formula is C13H4N2O4S2. The first-order valence-corrected chi connectivity index (χ1v) is 6.98. The smallest absolute Gasteiger partial charge is 0.336 e. The monoisotopic (exact) mass is 316 g/mol. The van der Waals surface area contributed by atoms with Gasteiger partial charge in [0.25, 0.3) is 0 Å². The molecule has 0 fully saturated rings. The Bertz CT molecular complexity index is 799. The number of Topliss-reactive ketones (excluding diaryl/α,β-unsaturated/α-hetero) is 2. The summed E-state index contributed by atoms with van der Waals surface area (Å²) in [6.07, 6.45) is 0. The van der Waals surface area contributed by atoms with Crippen LogP contribution in [0.1, 0.15) is 31.1 Å². The van der Waals surface area contributed by atoms with Crippen LogP contribution in [0.4, 0.5) is 0 Å². The number of nitrogens with zero attached hydrogens (tertiary/aromatic N) is 2. The Morgan fingerprint density at radius 1 is 1.05 bits per heavy atom. The molecule has 0 aromatic heterocycles. The molecule has 0 heterocycles. The number of carboxylic acids is 1. The molecule has 0 unspecified atom stereocenters. The first-order chi connectivity index (χ1) is 10.0. The molecule has 0 amide bonds. The molecule has 0 aliphatic heterocycles. The van der Waals surface area contributed by atoms with Crippen LogP contribution in [-0.2, 0) is 0 Å². The lowest BCUT2D eigenvalue weighted by molar-refractivity contribution is 0.0692. The number of aromatic carboxylic acids is 1. The molecule has 0 saturated heterocycles. The number of hydrogen-bond donors (Lipinski definition) is 1. The van der Waals surface area contributed by atoms with Gasteiger partial charge in [0.1, 0.15) is 10.8 Å². The van der Waals surface area contributed by atoms with Gasteiger partial charge in [-0.05, 0) is 29.6 Å². The minimum absolute atomic E-state index is 0.0695. The van der Waals surface area contributed by atoms with E-state index in [2.05, 4.69) is 0 Å². The van der Waals surface area contributed by atoms with Crippen LogP contribution < -0.4 is 0 Å². The molecule has 0 spiro atoms. The minimum Gasteiger partial charge on any atom is -0.478 e. The van der Waals surface area contributed by atoms with Gasteiger partial charge in [0, 0.05) is 11.1 Å². The molecule has 2 rings (SSSR count). The van der Waals surface area contributed by atoms with E-state index in [-0.39, 0.29) is 26.5 Å². The Morgan fingerprint density at radius 2 is 1.62 bits per heavy atom. The van der Waals surface area contributed by atoms with E-state index in [1.807, 2.05) is 0 Å². The van der Waals surface area contributed by atoms with Gasteiger partial charge in [-0.15, -0.1) is 0 Å².